The molecule has 1 rings (SSSR count). The highest BCUT2D eigenvalue weighted by molar-refractivity contribution is 5.76. The summed E-state index contributed by atoms with van der Waals surface area (Å²) in [7, 11) is 0. The first kappa shape index (κ1) is 78.2. The molecule has 0 bridgehead atoms. The van der Waals surface area contributed by atoms with Crippen molar-refractivity contribution in [3.05, 3.63) is 0 Å². The van der Waals surface area contributed by atoms with E-state index in [1.54, 1.807) is 0 Å². The summed E-state index contributed by atoms with van der Waals surface area (Å²) in [6.45, 7) is 3.91. The van der Waals surface area contributed by atoms with Crippen molar-refractivity contribution < 1.29 is 39.8 Å². The van der Waals surface area contributed by atoms with E-state index in [-0.39, 0.29) is 12.5 Å². The van der Waals surface area contributed by atoms with E-state index in [0.717, 1.165) is 38.5 Å². The van der Waals surface area contributed by atoms with Crippen molar-refractivity contribution in [2.75, 3.05) is 13.2 Å². The van der Waals surface area contributed by atoms with E-state index in [1.807, 2.05) is 0 Å². The highest BCUT2D eigenvalue weighted by atomic mass is 16.7. The van der Waals surface area contributed by atoms with Crippen LogP contribution in [0.15, 0.2) is 0 Å². The molecule has 0 aromatic heterocycles. The smallest absolute Gasteiger partial charge is 0.220 e. The number of carbonyl (C=O) groups excluding carboxylic acids is 1. The number of hydrogen-bond donors (Lipinski definition) is 6. The third-order valence-electron chi connectivity index (χ3n) is 18.2. The summed E-state index contributed by atoms with van der Waals surface area (Å²) in [5.74, 6) is -0.133. The summed E-state index contributed by atoms with van der Waals surface area (Å²) in [6, 6.07) is -0.715. The van der Waals surface area contributed by atoms with Crippen LogP contribution in [0.1, 0.15) is 399 Å². The van der Waals surface area contributed by atoms with Gasteiger partial charge in [-0.2, -0.15) is 0 Å². The molecule has 1 fully saturated rings. The van der Waals surface area contributed by atoms with Crippen LogP contribution in [0.4, 0.5) is 0 Å². The molecule has 0 spiro atoms. The molecule has 0 aromatic carbocycles. The quantitative estimate of drug-likeness (QED) is 0.0330. The minimum Gasteiger partial charge on any atom is -0.394 e. The van der Waals surface area contributed by atoms with Gasteiger partial charge >= 0.3 is 0 Å². The number of aliphatic hydroxyl groups is 5. The number of unbranched alkanes of at least 4 members (excludes halogenated alkanes) is 56. The topological polar surface area (TPSA) is 149 Å². The van der Waals surface area contributed by atoms with Crippen LogP contribution in [0, 0.1) is 0 Å². The van der Waals surface area contributed by atoms with Crippen molar-refractivity contribution in [2.24, 2.45) is 0 Å². The van der Waals surface area contributed by atoms with Crippen LogP contribution in [-0.2, 0) is 14.3 Å². The van der Waals surface area contributed by atoms with E-state index in [1.165, 1.54) is 334 Å². The fourth-order valence-electron chi connectivity index (χ4n) is 12.5. The minimum absolute atomic E-state index is 0.130. The summed E-state index contributed by atoms with van der Waals surface area (Å²) < 4.78 is 11.4. The number of nitrogens with one attached hydrogen (secondary N) is 1. The molecule has 1 saturated heterocycles. The molecule has 0 saturated carbocycles. The van der Waals surface area contributed by atoms with Crippen LogP contribution in [0.3, 0.4) is 0 Å². The third kappa shape index (κ3) is 51.0. The lowest BCUT2D eigenvalue weighted by atomic mass is 9.99. The maximum atomic E-state index is 13.1. The van der Waals surface area contributed by atoms with Crippen molar-refractivity contribution in [3.8, 4) is 0 Å². The summed E-state index contributed by atoms with van der Waals surface area (Å²) in [5, 5.41) is 54.9. The molecule has 484 valence electrons. The van der Waals surface area contributed by atoms with E-state index >= 15 is 0 Å². The van der Waals surface area contributed by atoms with Gasteiger partial charge in [-0.3, -0.25) is 4.79 Å². The van der Waals surface area contributed by atoms with Crippen LogP contribution < -0.4 is 5.32 Å². The number of amides is 1. The van der Waals surface area contributed by atoms with Crippen LogP contribution in [-0.4, -0.2) is 87.5 Å². The zero-order valence-electron chi connectivity index (χ0n) is 54.3. The number of aliphatic hydroxyl groups excluding tert-OH is 5. The van der Waals surface area contributed by atoms with Gasteiger partial charge in [0.1, 0.15) is 24.4 Å². The summed E-state index contributed by atoms with van der Waals surface area (Å²) in [5.41, 5.74) is 0. The molecule has 7 atom stereocenters. The zero-order valence-corrected chi connectivity index (χ0v) is 54.3. The first-order valence-corrected chi connectivity index (χ1v) is 36.7. The standard InChI is InChI=1S/C72H143NO8/c1-3-5-7-9-11-13-15-17-19-21-23-24-25-26-27-28-29-30-31-32-33-34-35-36-37-38-39-40-41-42-44-46-48-50-52-54-56-58-60-62-68(76)73-65(64-80-72-71(79)70(78)69(77)67(63-74)81-72)66(75)61-59-57-55-53-51-49-47-45-43-22-20-18-16-14-12-10-8-6-4-2/h65-67,69-72,74-75,77-79H,3-64H2,1-2H3,(H,73,76). The number of hydrogen-bond acceptors (Lipinski definition) is 8. The Kier molecular flexibility index (Phi) is 60.1. The van der Waals surface area contributed by atoms with Gasteiger partial charge in [-0.15, -0.1) is 0 Å². The molecule has 1 heterocycles. The Hall–Kier alpha value is -0.810. The van der Waals surface area contributed by atoms with Crippen molar-refractivity contribution in [1.82, 2.24) is 5.32 Å². The van der Waals surface area contributed by atoms with Gasteiger partial charge in [-0.25, -0.2) is 0 Å². The summed E-state index contributed by atoms with van der Waals surface area (Å²) in [6.07, 6.45) is 72.0. The van der Waals surface area contributed by atoms with Crippen LogP contribution in [0.2, 0.25) is 0 Å². The van der Waals surface area contributed by atoms with E-state index in [4.69, 9.17) is 9.47 Å². The monoisotopic (exact) mass is 1150 g/mol. The Morgan fingerprint density at radius 3 is 0.877 bits per heavy atom. The van der Waals surface area contributed by atoms with Crippen LogP contribution >= 0.6 is 0 Å². The second kappa shape index (κ2) is 62.2. The van der Waals surface area contributed by atoms with Crippen molar-refractivity contribution in [3.63, 3.8) is 0 Å². The van der Waals surface area contributed by atoms with Gasteiger partial charge in [0, 0.05) is 6.42 Å². The Morgan fingerprint density at radius 1 is 0.370 bits per heavy atom. The van der Waals surface area contributed by atoms with E-state index in [9.17, 15) is 30.3 Å². The normalized spacial score (nSPS) is 18.2. The summed E-state index contributed by atoms with van der Waals surface area (Å²) in [4.78, 5) is 13.1. The average molecular weight is 1150 g/mol. The molecule has 81 heavy (non-hydrogen) atoms. The zero-order chi connectivity index (χ0) is 58.6. The molecule has 0 aliphatic carbocycles. The van der Waals surface area contributed by atoms with E-state index in [0.29, 0.717) is 12.8 Å². The maximum absolute atomic E-state index is 13.1. The van der Waals surface area contributed by atoms with Crippen molar-refractivity contribution in [1.29, 1.82) is 0 Å². The molecule has 0 aromatic rings. The van der Waals surface area contributed by atoms with Crippen molar-refractivity contribution >= 4 is 5.91 Å². The second-order valence-corrected chi connectivity index (χ2v) is 26.1. The number of ether oxygens (including phenoxy) is 2. The summed E-state index contributed by atoms with van der Waals surface area (Å²) >= 11 is 0. The molecule has 1 amide bonds. The SMILES string of the molecule is CCCCCCCCCCCCCCCCCCCCCCCCCCCCCCCCCCCCCCCCCC(=O)NC(COC1OC(CO)C(O)C(O)C1O)C(O)CCCCCCCCCCCCCCCCCCCCC. The van der Waals surface area contributed by atoms with Gasteiger partial charge < -0.3 is 40.3 Å². The van der Waals surface area contributed by atoms with E-state index in [2.05, 4.69) is 19.2 Å². The predicted molar refractivity (Wildman–Crippen MR) is 346 cm³/mol. The van der Waals surface area contributed by atoms with Gasteiger partial charge in [0.15, 0.2) is 6.29 Å². The predicted octanol–water partition coefficient (Wildman–Crippen LogP) is 20.1. The first-order chi connectivity index (χ1) is 39.8. The largest absolute Gasteiger partial charge is 0.394 e. The van der Waals surface area contributed by atoms with E-state index < -0.39 is 49.5 Å². The van der Waals surface area contributed by atoms with Gasteiger partial charge in [0.25, 0.3) is 0 Å². The molecule has 6 N–H and O–H groups in total. The van der Waals surface area contributed by atoms with Gasteiger partial charge in [0.2, 0.25) is 5.91 Å². The number of rotatable bonds is 66. The molecule has 1 aliphatic rings. The van der Waals surface area contributed by atoms with Crippen molar-refractivity contribution in [2.45, 2.75) is 442 Å². The second-order valence-electron chi connectivity index (χ2n) is 26.1. The first-order valence-electron chi connectivity index (χ1n) is 36.7. The average Bonchev–Trinajstić information content (AvgIpc) is 3.48. The minimum atomic E-state index is -1.55. The molecule has 1 aliphatic heterocycles. The fraction of sp³-hybridized carbons (Fsp3) is 0.986. The van der Waals surface area contributed by atoms with Gasteiger partial charge in [-0.1, -0.05) is 380 Å². The van der Waals surface area contributed by atoms with Crippen LogP contribution in [0.25, 0.3) is 0 Å². The number of carbonyl (C=O) groups is 1. The highest BCUT2D eigenvalue weighted by Crippen LogP contribution is 2.24. The third-order valence-corrected chi connectivity index (χ3v) is 18.2. The Bertz CT molecular complexity index is 1240. The molecular weight excluding hydrogens is 1010 g/mol. The lowest BCUT2D eigenvalue weighted by molar-refractivity contribution is -0.302. The Balaban J connectivity index is 2.01. The highest BCUT2D eigenvalue weighted by Gasteiger charge is 2.44. The molecule has 7 unspecified atom stereocenters. The maximum Gasteiger partial charge on any atom is 0.220 e. The van der Waals surface area contributed by atoms with Gasteiger partial charge in [-0.05, 0) is 12.8 Å². The lowest BCUT2D eigenvalue weighted by Crippen LogP contribution is -2.60. The fourth-order valence-corrected chi connectivity index (χ4v) is 12.5. The van der Waals surface area contributed by atoms with Gasteiger partial charge in [0.05, 0.1) is 25.4 Å². The molecule has 0 radical (unpaired) electrons. The molecule has 9 heteroatoms. The molecule has 9 nitrogen and oxygen atoms in total. The Morgan fingerprint density at radius 2 is 0.617 bits per heavy atom. The van der Waals surface area contributed by atoms with Crippen LogP contribution in [0.5, 0.6) is 0 Å². The Labute approximate surface area is 504 Å². The lowest BCUT2D eigenvalue weighted by Gasteiger charge is -2.40. The molecular formula is C72H143NO8.